The summed E-state index contributed by atoms with van der Waals surface area (Å²) < 4.78 is 37.0. The summed E-state index contributed by atoms with van der Waals surface area (Å²) in [5.41, 5.74) is -1.46. The van der Waals surface area contributed by atoms with E-state index in [1.165, 1.54) is 6.07 Å². The number of anilines is 1. The van der Waals surface area contributed by atoms with Crippen LogP contribution in [0.25, 0.3) is 0 Å². The third-order valence-corrected chi connectivity index (χ3v) is 3.11. The zero-order valence-corrected chi connectivity index (χ0v) is 12.0. The molecule has 1 aromatic heterocycles. The Bertz CT molecular complexity index is 429. The van der Waals surface area contributed by atoms with Gasteiger partial charge in [-0.3, -0.25) is 0 Å². The van der Waals surface area contributed by atoms with Gasteiger partial charge in [-0.15, -0.1) is 10.2 Å². The second kappa shape index (κ2) is 5.95. The largest absolute Gasteiger partial charge is 0.435 e. The van der Waals surface area contributed by atoms with Crippen LogP contribution < -0.4 is 5.32 Å². The molecule has 0 saturated heterocycles. The highest BCUT2D eigenvalue weighted by molar-refractivity contribution is 5.33. The van der Waals surface area contributed by atoms with E-state index in [9.17, 15) is 18.3 Å². The van der Waals surface area contributed by atoms with Gasteiger partial charge in [0, 0.05) is 12.0 Å². The van der Waals surface area contributed by atoms with Crippen LogP contribution in [0.5, 0.6) is 0 Å². The molecular formula is C13H20F3N3O. The first-order valence-corrected chi connectivity index (χ1v) is 6.37. The number of halogens is 3. The molecule has 0 saturated carbocycles. The Balaban J connectivity index is 2.67. The minimum atomic E-state index is -4.49. The van der Waals surface area contributed by atoms with Crippen molar-refractivity contribution in [1.82, 2.24) is 10.2 Å². The number of alkyl halides is 3. The molecule has 0 spiro atoms. The summed E-state index contributed by atoms with van der Waals surface area (Å²) >= 11 is 0. The van der Waals surface area contributed by atoms with E-state index in [2.05, 4.69) is 15.5 Å². The molecule has 4 nitrogen and oxygen atoms in total. The van der Waals surface area contributed by atoms with Crippen molar-refractivity contribution in [2.24, 2.45) is 11.3 Å². The predicted molar refractivity (Wildman–Crippen MR) is 70.1 cm³/mol. The first-order chi connectivity index (χ1) is 9.04. The van der Waals surface area contributed by atoms with E-state index in [-0.39, 0.29) is 11.7 Å². The van der Waals surface area contributed by atoms with Gasteiger partial charge in [-0.05, 0) is 18.1 Å². The van der Waals surface area contributed by atoms with Crippen molar-refractivity contribution in [3.8, 4) is 0 Å². The van der Waals surface area contributed by atoms with Gasteiger partial charge in [-0.1, -0.05) is 27.7 Å². The van der Waals surface area contributed by atoms with E-state index in [4.69, 9.17) is 0 Å². The van der Waals surface area contributed by atoms with E-state index < -0.39 is 23.4 Å². The van der Waals surface area contributed by atoms with Crippen molar-refractivity contribution in [2.75, 3.05) is 11.9 Å². The summed E-state index contributed by atoms with van der Waals surface area (Å²) in [5, 5.41) is 19.6. The standard InChI is InChI=1S/C13H20F3N3O/c1-8(2)11(20)12(3,4)7-17-10-6-5-9(18-19-10)13(14,15)16/h5-6,8,11,20H,7H2,1-4H3,(H,17,19). The number of hydrogen-bond acceptors (Lipinski definition) is 4. The molecule has 1 unspecified atom stereocenters. The molecule has 114 valence electrons. The number of rotatable bonds is 5. The molecule has 0 bridgehead atoms. The molecule has 1 atom stereocenters. The zero-order chi connectivity index (χ0) is 15.6. The summed E-state index contributed by atoms with van der Waals surface area (Å²) in [5.74, 6) is 0.340. The Kier molecular flexibility index (Phi) is 4.96. The zero-order valence-electron chi connectivity index (χ0n) is 12.0. The van der Waals surface area contributed by atoms with Crippen LogP contribution in [-0.2, 0) is 6.18 Å². The van der Waals surface area contributed by atoms with Gasteiger partial charge in [0.25, 0.3) is 0 Å². The number of nitrogens with zero attached hydrogens (tertiary/aromatic N) is 2. The molecule has 1 aromatic rings. The van der Waals surface area contributed by atoms with E-state index in [1.54, 1.807) is 0 Å². The number of aromatic nitrogens is 2. The highest BCUT2D eigenvalue weighted by atomic mass is 19.4. The van der Waals surface area contributed by atoms with Gasteiger partial charge >= 0.3 is 6.18 Å². The second-order valence-corrected chi connectivity index (χ2v) is 5.83. The van der Waals surface area contributed by atoms with Crippen molar-refractivity contribution in [3.05, 3.63) is 17.8 Å². The lowest BCUT2D eigenvalue weighted by Gasteiger charge is -2.33. The summed E-state index contributed by atoms with van der Waals surface area (Å²) in [6.45, 7) is 7.95. The van der Waals surface area contributed by atoms with Crippen molar-refractivity contribution in [3.63, 3.8) is 0 Å². The average molecular weight is 291 g/mol. The van der Waals surface area contributed by atoms with Crippen LogP contribution in [0.1, 0.15) is 33.4 Å². The van der Waals surface area contributed by atoms with E-state index in [0.717, 1.165) is 6.07 Å². The van der Waals surface area contributed by atoms with Crippen LogP contribution in [0.2, 0.25) is 0 Å². The van der Waals surface area contributed by atoms with Crippen molar-refractivity contribution < 1.29 is 18.3 Å². The van der Waals surface area contributed by atoms with Gasteiger partial charge in [0.05, 0.1) is 6.10 Å². The highest BCUT2D eigenvalue weighted by Gasteiger charge is 2.33. The highest BCUT2D eigenvalue weighted by Crippen LogP contribution is 2.28. The molecule has 0 aliphatic heterocycles. The van der Waals surface area contributed by atoms with Crippen LogP contribution in [0.4, 0.5) is 19.0 Å². The number of aliphatic hydroxyl groups excluding tert-OH is 1. The van der Waals surface area contributed by atoms with Crippen molar-refractivity contribution in [2.45, 2.75) is 40.0 Å². The minimum absolute atomic E-state index is 0.0884. The predicted octanol–water partition coefficient (Wildman–Crippen LogP) is 2.95. The molecule has 0 amide bonds. The van der Waals surface area contributed by atoms with Gasteiger partial charge in [-0.2, -0.15) is 13.2 Å². The van der Waals surface area contributed by atoms with Crippen LogP contribution >= 0.6 is 0 Å². The van der Waals surface area contributed by atoms with Gasteiger partial charge in [0.15, 0.2) is 5.69 Å². The Labute approximate surface area is 116 Å². The van der Waals surface area contributed by atoms with Crippen LogP contribution in [0.3, 0.4) is 0 Å². The maximum absolute atomic E-state index is 12.3. The van der Waals surface area contributed by atoms with Crippen LogP contribution in [0.15, 0.2) is 12.1 Å². The summed E-state index contributed by atoms with van der Waals surface area (Å²) in [7, 11) is 0. The minimum Gasteiger partial charge on any atom is -0.392 e. The summed E-state index contributed by atoms with van der Waals surface area (Å²) in [6.07, 6.45) is -5.02. The van der Waals surface area contributed by atoms with Crippen molar-refractivity contribution in [1.29, 1.82) is 0 Å². The van der Waals surface area contributed by atoms with Gasteiger partial charge in [-0.25, -0.2) is 0 Å². The molecule has 0 aliphatic carbocycles. The fourth-order valence-electron chi connectivity index (χ4n) is 1.90. The SMILES string of the molecule is CC(C)C(O)C(C)(C)CNc1ccc(C(F)(F)F)nn1. The lowest BCUT2D eigenvalue weighted by Crippen LogP contribution is -2.39. The topological polar surface area (TPSA) is 58.0 Å². The van der Waals surface area contributed by atoms with Gasteiger partial charge < -0.3 is 10.4 Å². The number of nitrogens with one attached hydrogen (secondary N) is 1. The van der Waals surface area contributed by atoms with Crippen LogP contribution in [0, 0.1) is 11.3 Å². The molecule has 0 radical (unpaired) electrons. The molecule has 0 aromatic carbocycles. The monoisotopic (exact) mass is 291 g/mol. The first kappa shape index (κ1) is 16.7. The summed E-state index contributed by atoms with van der Waals surface area (Å²) in [4.78, 5) is 0. The van der Waals surface area contributed by atoms with Crippen LogP contribution in [-0.4, -0.2) is 28.0 Å². The molecule has 2 N–H and O–H groups in total. The Morgan fingerprint density at radius 2 is 1.80 bits per heavy atom. The number of hydrogen-bond donors (Lipinski definition) is 2. The second-order valence-electron chi connectivity index (χ2n) is 5.83. The Morgan fingerprint density at radius 1 is 1.20 bits per heavy atom. The van der Waals surface area contributed by atoms with Gasteiger partial charge in [0.1, 0.15) is 5.82 Å². The molecule has 7 heteroatoms. The third-order valence-electron chi connectivity index (χ3n) is 3.11. The maximum atomic E-state index is 12.3. The maximum Gasteiger partial charge on any atom is 0.435 e. The normalized spacial score (nSPS) is 14.4. The Morgan fingerprint density at radius 3 is 2.20 bits per heavy atom. The molecule has 1 heterocycles. The molecule has 0 fully saturated rings. The first-order valence-electron chi connectivity index (χ1n) is 6.37. The average Bonchev–Trinajstić information content (AvgIpc) is 2.35. The fraction of sp³-hybridized carbons (Fsp3) is 0.692. The lowest BCUT2D eigenvalue weighted by molar-refractivity contribution is -0.141. The quantitative estimate of drug-likeness (QED) is 0.875. The Hall–Kier alpha value is -1.37. The van der Waals surface area contributed by atoms with E-state index >= 15 is 0 Å². The molecule has 20 heavy (non-hydrogen) atoms. The molecular weight excluding hydrogens is 271 g/mol. The summed E-state index contributed by atoms with van der Waals surface area (Å²) in [6, 6.07) is 2.11. The smallest absolute Gasteiger partial charge is 0.392 e. The molecule has 1 rings (SSSR count). The van der Waals surface area contributed by atoms with Gasteiger partial charge in [0.2, 0.25) is 0 Å². The van der Waals surface area contributed by atoms with Crippen molar-refractivity contribution >= 4 is 5.82 Å². The van der Waals surface area contributed by atoms with E-state index in [0.29, 0.717) is 6.54 Å². The third kappa shape index (κ3) is 4.33. The van der Waals surface area contributed by atoms with E-state index in [1.807, 2.05) is 27.7 Å². The number of aliphatic hydroxyl groups is 1. The molecule has 0 aliphatic rings. The fourth-order valence-corrected chi connectivity index (χ4v) is 1.90. The lowest BCUT2D eigenvalue weighted by atomic mass is 9.81.